The number of nitrogens with zero attached hydrogens (tertiary/aromatic N) is 1. The second-order valence-corrected chi connectivity index (χ2v) is 19.0. The molecule has 10 aromatic carbocycles. The van der Waals surface area contributed by atoms with Crippen molar-refractivity contribution in [3.05, 3.63) is 223 Å². The van der Waals surface area contributed by atoms with Crippen molar-refractivity contribution in [1.82, 2.24) is 0 Å². The molecule has 0 saturated heterocycles. The van der Waals surface area contributed by atoms with Gasteiger partial charge in [-0.2, -0.15) is 0 Å². The van der Waals surface area contributed by atoms with E-state index >= 15 is 0 Å². The number of benzene rings is 10. The van der Waals surface area contributed by atoms with Crippen LogP contribution < -0.4 is 4.90 Å². The summed E-state index contributed by atoms with van der Waals surface area (Å²) in [4.78, 5) is 2.44. The Kier molecular flexibility index (Phi) is 10.1. The highest BCUT2D eigenvalue weighted by Crippen LogP contribution is 2.46. The van der Waals surface area contributed by atoms with Crippen LogP contribution in [0.4, 0.5) is 17.1 Å². The van der Waals surface area contributed by atoms with Gasteiger partial charge in [0.05, 0.1) is 5.69 Å². The van der Waals surface area contributed by atoms with Crippen LogP contribution >= 0.6 is 0 Å². The summed E-state index contributed by atoms with van der Waals surface area (Å²) in [6.07, 6.45) is 0. The maximum Gasteiger partial charge on any atom is 0.0540 e. The Bertz CT molecular complexity index is 3240. The summed E-state index contributed by atoms with van der Waals surface area (Å²) in [7, 11) is 0. The molecule has 10 aromatic rings. The van der Waals surface area contributed by atoms with Crippen LogP contribution in [0.15, 0.2) is 212 Å². The van der Waals surface area contributed by atoms with Crippen molar-refractivity contribution >= 4 is 49.4 Å². The number of rotatable bonds is 7. The molecule has 0 atom stereocenters. The van der Waals surface area contributed by atoms with E-state index in [4.69, 9.17) is 0 Å². The SMILES string of the molecule is CC(C)(C)c1cc(-c2cccc3cccc(-c4ccccc4N(c4ccc(-c5ccc6ccccc6c5)cc4)c4ccc(-c5cccc6ccccc56)cc4)c23)cc(C(C)(C)C)c1. The van der Waals surface area contributed by atoms with E-state index in [1.54, 1.807) is 0 Å². The smallest absolute Gasteiger partial charge is 0.0540 e. The third-order valence-electron chi connectivity index (χ3n) is 12.8. The normalized spacial score (nSPS) is 12.0. The molecule has 0 N–H and O–H groups in total. The van der Waals surface area contributed by atoms with Gasteiger partial charge in [-0.05, 0) is 130 Å². The molecular weight excluding hydrogens is 759 g/mol. The van der Waals surface area contributed by atoms with Crippen molar-refractivity contribution in [2.45, 2.75) is 52.4 Å². The van der Waals surface area contributed by atoms with Gasteiger partial charge in [-0.25, -0.2) is 0 Å². The second-order valence-electron chi connectivity index (χ2n) is 19.0. The minimum atomic E-state index is 0.00350. The van der Waals surface area contributed by atoms with Crippen LogP contribution in [0, 0.1) is 0 Å². The fourth-order valence-electron chi connectivity index (χ4n) is 9.22. The van der Waals surface area contributed by atoms with Crippen LogP contribution in [0.2, 0.25) is 0 Å². The number of anilines is 3. The molecule has 0 aliphatic rings. The Morgan fingerprint density at radius 1 is 0.302 bits per heavy atom. The van der Waals surface area contributed by atoms with Crippen LogP contribution in [0.3, 0.4) is 0 Å². The van der Waals surface area contributed by atoms with Gasteiger partial charge in [-0.1, -0.05) is 217 Å². The molecule has 0 fully saturated rings. The van der Waals surface area contributed by atoms with Crippen molar-refractivity contribution in [2.24, 2.45) is 0 Å². The predicted octanol–water partition coefficient (Wildman–Crippen LogP) is 17.9. The number of fused-ring (bicyclic) bond motifs is 3. The molecule has 0 bridgehead atoms. The van der Waals surface area contributed by atoms with E-state index in [0.717, 1.165) is 17.1 Å². The molecule has 0 spiro atoms. The zero-order chi connectivity index (χ0) is 43.3. The van der Waals surface area contributed by atoms with Crippen LogP contribution in [0.25, 0.3) is 76.8 Å². The van der Waals surface area contributed by atoms with E-state index in [1.807, 2.05) is 0 Å². The first kappa shape index (κ1) is 39.9. The van der Waals surface area contributed by atoms with Crippen molar-refractivity contribution in [3.8, 4) is 44.5 Å². The van der Waals surface area contributed by atoms with Crippen molar-refractivity contribution in [3.63, 3.8) is 0 Å². The molecule has 0 radical (unpaired) electrons. The van der Waals surface area contributed by atoms with Gasteiger partial charge in [0.15, 0.2) is 0 Å². The minimum Gasteiger partial charge on any atom is -0.310 e. The minimum absolute atomic E-state index is 0.00350. The van der Waals surface area contributed by atoms with Gasteiger partial charge in [0.1, 0.15) is 0 Å². The fourth-order valence-corrected chi connectivity index (χ4v) is 9.22. The van der Waals surface area contributed by atoms with E-state index in [9.17, 15) is 0 Å². The van der Waals surface area contributed by atoms with Gasteiger partial charge in [-0.15, -0.1) is 0 Å². The standard InChI is InChI=1S/C62H53N/c1-61(2,3)50-39-49(40-51(41-50)62(4,5)6)56-25-14-20-46-21-15-26-58(60(46)56)57-23-11-12-27-59(57)63(52-34-30-43(31-35-52)48-29-28-42-16-7-8-18-47(42)38-48)53-36-32-45(33-37-53)55-24-13-19-44-17-9-10-22-54(44)55/h7-41H,1-6H3. The molecular formula is C62H53N. The Hall–Kier alpha value is -7.22. The number of hydrogen-bond acceptors (Lipinski definition) is 1. The molecule has 1 nitrogen and oxygen atoms in total. The highest BCUT2D eigenvalue weighted by Gasteiger charge is 2.24. The number of para-hydroxylation sites is 1. The van der Waals surface area contributed by atoms with Gasteiger partial charge >= 0.3 is 0 Å². The highest BCUT2D eigenvalue weighted by atomic mass is 15.1. The molecule has 0 aliphatic heterocycles. The average molecular weight is 812 g/mol. The van der Waals surface area contributed by atoms with Gasteiger partial charge < -0.3 is 4.90 Å². The monoisotopic (exact) mass is 811 g/mol. The van der Waals surface area contributed by atoms with Crippen LogP contribution in [0.1, 0.15) is 52.7 Å². The first-order valence-corrected chi connectivity index (χ1v) is 22.2. The van der Waals surface area contributed by atoms with Crippen LogP contribution in [-0.4, -0.2) is 0 Å². The third-order valence-corrected chi connectivity index (χ3v) is 12.8. The quantitative estimate of drug-likeness (QED) is 0.155. The Morgan fingerprint density at radius 2 is 0.794 bits per heavy atom. The fraction of sp³-hybridized carbons (Fsp3) is 0.129. The van der Waals surface area contributed by atoms with Crippen molar-refractivity contribution in [1.29, 1.82) is 0 Å². The predicted molar refractivity (Wildman–Crippen MR) is 273 cm³/mol. The lowest BCUT2D eigenvalue weighted by Gasteiger charge is -2.29. The van der Waals surface area contributed by atoms with Crippen LogP contribution in [-0.2, 0) is 10.8 Å². The van der Waals surface area contributed by atoms with E-state index in [-0.39, 0.29) is 10.8 Å². The topological polar surface area (TPSA) is 3.24 Å². The molecule has 1 heteroatoms. The summed E-state index contributed by atoms with van der Waals surface area (Å²) in [6.45, 7) is 13.9. The summed E-state index contributed by atoms with van der Waals surface area (Å²) in [5.41, 5.74) is 15.7. The van der Waals surface area contributed by atoms with Crippen molar-refractivity contribution < 1.29 is 0 Å². The Morgan fingerprint density at radius 3 is 1.46 bits per heavy atom. The second kappa shape index (κ2) is 15.9. The summed E-state index contributed by atoms with van der Waals surface area (Å²) in [5.74, 6) is 0. The summed E-state index contributed by atoms with van der Waals surface area (Å²) in [6, 6.07) is 78.6. The Labute approximate surface area is 372 Å². The zero-order valence-electron chi connectivity index (χ0n) is 37.2. The number of hydrogen-bond donors (Lipinski definition) is 0. The molecule has 0 amide bonds. The summed E-state index contributed by atoms with van der Waals surface area (Å²) in [5, 5.41) is 7.49. The van der Waals surface area contributed by atoms with E-state index in [2.05, 4.69) is 259 Å². The van der Waals surface area contributed by atoms with E-state index in [1.165, 1.54) is 88.0 Å². The van der Waals surface area contributed by atoms with Gasteiger partial charge in [-0.3, -0.25) is 0 Å². The lowest BCUT2D eigenvalue weighted by atomic mass is 9.78. The highest BCUT2D eigenvalue weighted by molar-refractivity contribution is 6.09. The Balaban J connectivity index is 1.15. The summed E-state index contributed by atoms with van der Waals surface area (Å²) >= 11 is 0. The molecule has 0 aliphatic carbocycles. The molecule has 63 heavy (non-hydrogen) atoms. The lowest BCUT2D eigenvalue weighted by molar-refractivity contribution is 0.569. The van der Waals surface area contributed by atoms with E-state index < -0.39 is 0 Å². The molecule has 0 saturated carbocycles. The maximum absolute atomic E-state index is 2.44. The van der Waals surface area contributed by atoms with Crippen molar-refractivity contribution in [2.75, 3.05) is 4.90 Å². The first-order valence-electron chi connectivity index (χ1n) is 22.2. The molecule has 306 valence electrons. The third kappa shape index (κ3) is 7.70. The zero-order valence-corrected chi connectivity index (χ0v) is 37.2. The lowest BCUT2D eigenvalue weighted by Crippen LogP contribution is -2.16. The molecule has 0 unspecified atom stereocenters. The van der Waals surface area contributed by atoms with Gasteiger partial charge in [0.25, 0.3) is 0 Å². The van der Waals surface area contributed by atoms with Crippen LogP contribution in [0.5, 0.6) is 0 Å². The molecule has 0 aromatic heterocycles. The summed E-state index contributed by atoms with van der Waals surface area (Å²) < 4.78 is 0. The van der Waals surface area contributed by atoms with E-state index in [0.29, 0.717) is 0 Å². The molecule has 10 rings (SSSR count). The molecule has 0 heterocycles. The average Bonchev–Trinajstić information content (AvgIpc) is 3.31. The van der Waals surface area contributed by atoms with Gasteiger partial charge in [0, 0.05) is 16.9 Å². The first-order chi connectivity index (χ1) is 30.5. The maximum atomic E-state index is 2.44. The largest absolute Gasteiger partial charge is 0.310 e. The van der Waals surface area contributed by atoms with Gasteiger partial charge in [0.2, 0.25) is 0 Å².